The van der Waals surface area contributed by atoms with Gasteiger partial charge in [-0.3, -0.25) is 4.90 Å². The van der Waals surface area contributed by atoms with Crippen LogP contribution in [0.4, 0.5) is 23.7 Å². The molecule has 152 valence electrons. The average Bonchev–Trinajstić information content (AvgIpc) is 2.61. The van der Waals surface area contributed by atoms with E-state index in [2.05, 4.69) is 15.0 Å². The third-order valence-electron chi connectivity index (χ3n) is 4.09. The number of nitrogens with one attached hydrogen (secondary N) is 1. The average molecular weight is 410 g/mol. The first-order valence-electron chi connectivity index (χ1n) is 8.55. The van der Waals surface area contributed by atoms with E-state index in [4.69, 9.17) is 16.3 Å². The highest BCUT2D eigenvalue weighted by Crippen LogP contribution is 2.27. The zero-order valence-corrected chi connectivity index (χ0v) is 15.8. The number of ether oxygens (including phenoxy) is 2. The molecule has 10 heteroatoms. The zero-order chi connectivity index (χ0) is 19.9. The number of hydrogen-bond donors (Lipinski definition) is 1. The van der Waals surface area contributed by atoms with Gasteiger partial charge in [0, 0.05) is 45.0 Å². The van der Waals surface area contributed by atoms with Gasteiger partial charge in [-0.15, -0.1) is 0 Å². The molecule has 0 aromatic heterocycles. The second-order valence-electron chi connectivity index (χ2n) is 6.13. The molecule has 1 saturated heterocycles. The van der Waals surface area contributed by atoms with E-state index in [1.165, 1.54) is 7.11 Å². The summed E-state index contributed by atoms with van der Waals surface area (Å²) in [6.07, 6.45) is -3.76. The SMILES string of the molecule is COc1ccc(NC(=O)N2CCN(CCCOCC(F)(F)F)CC2)cc1Cl. The van der Waals surface area contributed by atoms with E-state index in [1.54, 1.807) is 23.1 Å². The first-order chi connectivity index (χ1) is 12.8. The van der Waals surface area contributed by atoms with Gasteiger partial charge in [-0.1, -0.05) is 11.6 Å². The first-order valence-corrected chi connectivity index (χ1v) is 8.92. The Kier molecular flexibility index (Phi) is 8.00. The van der Waals surface area contributed by atoms with Crippen molar-refractivity contribution >= 4 is 23.3 Å². The molecule has 0 spiro atoms. The number of rotatable bonds is 7. The molecule has 2 rings (SSSR count). The first kappa shape index (κ1) is 21.6. The lowest BCUT2D eigenvalue weighted by atomic mass is 10.3. The maximum absolute atomic E-state index is 12.3. The van der Waals surface area contributed by atoms with E-state index in [-0.39, 0.29) is 12.6 Å². The van der Waals surface area contributed by atoms with Crippen molar-refractivity contribution in [1.82, 2.24) is 9.80 Å². The Hall–Kier alpha value is -1.71. The number of amides is 2. The Morgan fingerprint density at radius 3 is 2.56 bits per heavy atom. The van der Waals surface area contributed by atoms with Crippen molar-refractivity contribution in [3.8, 4) is 5.75 Å². The maximum atomic E-state index is 12.3. The normalized spacial score (nSPS) is 15.7. The number of carbonyl (C=O) groups excluding carboxylic acids is 1. The lowest BCUT2D eigenvalue weighted by molar-refractivity contribution is -0.174. The molecule has 1 aliphatic rings. The van der Waals surface area contributed by atoms with Gasteiger partial charge in [-0.25, -0.2) is 4.79 Å². The molecule has 0 radical (unpaired) electrons. The summed E-state index contributed by atoms with van der Waals surface area (Å²) in [6, 6.07) is 4.79. The van der Waals surface area contributed by atoms with E-state index >= 15 is 0 Å². The number of methoxy groups -OCH3 is 1. The second-order valence-corrected chi connectivity index (χ2v) is 6.54. The molecule has 6 nitrogen and oxygen atoms in total. The molecule has 1 aromatic rings. The van der Waals surface area contributed by atoms with Crippen molar-refractivity contribution < 1.29 is 27.4 Å². The van der Waals surface area contributed by atoms with Crippen molar-refractivity contribution in [2.24, 2.45) is 0 Å². The van der Waals surface area contributed by atoms with Crippen LogP contribution in [0.25, 0.3) is 0 Å². The molecular weight excluding hydrogens is 387 g/mol. The van der Waals surface area contributed by atoms with Gasteiger partial charge in [0.2, 0.25) is 0 Å². The molecule has 2 amide bonds. The minimum absolute atomic E-state index is 0.0679. The topological polar surface area (TPSA) is 54.0 Å². The van der Waals surface area contributed by atoms with E-state index in [0.717, 1.165) is 0 Å². The fraction of sp³-hybridized carbons (Fsp3) is 0.588. The molecule has 27 heavy (non-hydrogen) atoms. The molecule has 0 aliphatic carbocycles. The second kappa shape index (κ2) is 10.0. The molecule has 1 heterocycles. The Morgan fingerprint density at radius 1 is 1.26 bits per heavy atom. The summed E-state index contributed by atoms with van der Waals surface area (Å²) in [5.74, 6) is 0.530. The summed E-state index contributed by atoms with van der Waals surface area (Å²) in [7, 11) is 1.52. The molecule has 1 aromatic carbocycles. The van der Waals surface area contributed by atoms with Crippen molar-refractivity contribution in [2.75, 3.05) is 58.4 Å². The molecule has 0 bridgehead atoms. The van der Waals surface area contributed by atoms with Crippen LogP contribution < -0.4 is 10.1 Å². The van der Waals surface area contributed by atoms with Crippen LogP contribution in [-0.2, 0) is 4.74 Å². The summed E-state index contributed by atoms with van der Waals surface area (Å²) in [5, 5.41) is 3.20. The molecule has 1 aliphatic heterocycles. The van der Waals surface area contributed by atoms with E-state index in [9.17, 15) is 18.0 Å². The maximum Gasteiger partial charge on any atom is 0.411 e. The van der Waals surface area contributed by atoms with Crippen LogP contribution in [0.3, 0.4) is 0 Å². The number of anilines is 1. The minimum atomic E-state index is -4.28. The summed E-state index contributed by atoms with van der Waals surface area (Å²) in [5.41, 5.74) is 0.579. The van der Waals surface area contributed by atoms with Gasteiger partial charge in [0.15, 0.2) is 0 Å². The highest BCUT2D eigenvalue weighted by atomic mass is 35.5. The van der Waals surface area contributed by atoms with Crippen LogP contribution in [0.1, 0.15) is 6.42 Å². The van der Waals surface area contributed by atoms with Gasteiger partial charge in [-0.05, 0) is 24.6 Å². The lowest BCUT2D eigenvalue weighted by Gasteiger charge is -2.34. The van der Waals surface area contributed by atoms with Gasteiger partial charge < -0.3 is 19.7 Å². The lowest BCUT2D eigenvalue weighted by Crippen LogP contribution is -2.50. The van der Waals surface area contributed by atoms with Crippen LogP contribution in [0.5, 0.6) is 5.75 Å². The van der Waals surface area contributed by atoms with Gasteiger partial charge in [0.25, 0.3) is 0 Å². The minimum Gasteiger partial charge on any atom is -0.495 e. The van der Waals surface area contributed by atoms with Crippen LogP contribution in [0.2, 0.25) is 5.02 Å². The molecule has 0 unspecified atom stereocenters. The fourth-order valence-corrected chi connectivity index (χ4v) is 2.96. The third kappa shape index (κ3) is 7.43. The summed E-state index contributed by atoms with van der Waals surface area (Å²) in [4.78, 5) is 16.1. The van der Waals surface area contributed by atoms with Gasteiger partial charge in [0.05, 0.1) is 12.1 Å². The largest absolute Gasteiger partial charge is 0.495 e. The molecule has 0 atom stereocenters. The number of urea groups is 1. The third-order valence-corrected chi connectivity index (χ3v) is 4.39. The summed E-state index contributed by atoms with van der Waals surface area (Å²) >= 11 is 6.04. The number of halogens is 4. The zero-order valence-electron chi connectivity index (χ0n) is 15.0. The summed E-state index contributed by atoms with van der Waals surface area (Å²) in [6.45, 7) is 1.90. The van der Waals surface area contributed by atoms with Gasteiger partial charge in [0.1, 0.15) is 12.4 Å². The molecule has 0 saturated carbocycles. The van der Waals surface area contributed by atoms with Gasteiger partial charge >= 0.3 is 12.2 Å². The fourth-order valence-electron chi connectivity index (χ4n) is 2.70. The van der Waals surface area contributed by atoms with Crippen molar-refractivity contribution in [1.29, 1.82) is 0 Å². The van der Waals surface area contributed by atoms with E-state index in [1.807, 2.05) is 0 Å². The van der Waals surface area contributed by atoms with Crippen LogP contribution in [0.15, 0.2) is 18.2 Å². The number of hydrogen-bond acceptors (Lipinski definition) is 4. The monoisotopic (exact) mass is 409 g/mol. The number of alkyl halides is 3. The quantitative estimate of drug-likeness (QED) is 0.701. The van der Waals surface area contributed by atoms with Crippen LogP contribution in [-0.4, -0.2) is 75.1 Å². The molecular formula is C17H23ClF3N3O3. The highest BCUT2D eigenvalue weighted by Gasteiger charge is 2.27. The van der Waals surface area contributed by atoms with Gasteiger partial charge in [-0.2, -0.15) is 13.2 Å². The predicted octanol–water partition coefficient (Wildman–Crippen LogP) is 3.47. The number of nitrogens with zero attached hydrogens (tertiary/aromatic N) is 2. The number of carbonyl (C=O) groups is 1. The van der Waals surface area contributed by atoms with Crippen molar-refractivity contribution in [3.63, 3.8) is 0 Å². The van der Waals surface area contributed by atoms with E-state index < -0.39 is 12.8 Å². The molecule has 1 N–H and O–H groups in total. The van der Waals surface area contributed by atoms with Crippen molar-refractivity contribution in [3.05, 3.63) is 23.2 Å². The van der Waals surface area contributed by atoms with Crippen LogP contribution >= 0.6 is 11.6 Å². The van der Waals surface area contributed by atoms with E-state index in [0.29, 0.717) is 55.6 Å². The highest BCUT2D eigenvalue weighted by molar-refractivity contribution is 6.32. The standard InChI is InChI=1S/C17H23ClF3N3O3/c1-26-15-4-3-13(11-14(15)18)22-16(25)24-8-6-23(7-9-24)5-2-10-27-12-17(19,20)21/h3-4,11H,2,5-10,12H2,1H3,(H,22,25). The Balaban J connectivity index is 1.67. The predicted molar refractivity (Wildman–Crippen MR) is 96.5 cm³/mol. The summed E-state index contributed by atoms with van der Waals surface area (Å²) < 4.78 is 45.6. The Labute approximate surface area is 161 Å². The van der Waals surface area contributed by atoms with Crippen LogP contribution in [0, 0.1) is 0 Å². The Morgan fingerprint density at radius 2 is 1.96 bits per heavy atom. The Bertz CT molecular complexity index is 623. The smallest absolute Gasteiger partial charge is 0.411 e. The van der Waals surface area contributed by atoms with Crippen molar-refractivity contribution in [2.45, 2.75) is 12.6 Å². The number of piperazine rings is 1. The number of benzene rings is 1. The molecule has 1 fully saturated rings.